The standard InChI is InChI=1S/2C16H13N2O2S.Zn/c2*1-12-7-9-14(10-8-12)21(19,20)18-15-6-2-4-13-5-3-11-17-16(13)15;/h2*2-11H,1H3;/q2*-1;+2. The van der Waals surface area contributed by atoms with E-state index in [4.69, 9.17) is 0 Å². The largest absolute Gasteiger partial charge is 2.00 e. The van der Waals surface area contributed by atoms with Crippen LogP contribution in [0.4, 0.5) is 11.4 Å². The van der Waals surface area contributed by atoms with E-state index in [9.17, 15) is 16.8 Å². The van der Waals surface area contributed by atoms with Crippen molar-refractivity contribution in [2.24, 2.45) is 0 Å². The minimum atomic E-state index is -3.74. The maximum Gasteiger partial charge on any atom is 2.00 e. The first-order valence-corrected chi connectivity index (χ1v) is 15.8. The van der Waals surface area contributed by atoms with Gasteiger partial charge in [-0.2, -0.15) is 0 Å². The van der Waals surface area contributed by atoms with E-state index >= 15 is 0 Å². The number of pyridine rings is 2. The number of para-hydroxylation sites is 2. The third kappa shape index (κ3) is 7.62. The van der Waals surface area contributed by atoms with Crippen LogP contribution in [-0.2, 0) is 39.5 Å². The van der Waals surface area contributed by atoms with Crippen LogP contribution in [-0.4, -0.2) is 26.8 Å². The molecule has 0 bridgehead atoms. The molecule has 4 aromatic carbocycles. The van der Waals surface area contributed by atoms with E-state index in [1.807, 2.05) is 38.1 Å². The molecular formula is C32H26N4O4S2Zn. The van der Waals surface area contributed by atoms with Crippen molar-refractivity contribution in [3.63, 3.8) is 0 Å². The van der Waals surface area contributed by atoms with E-state index in [0.717, 1.165) is 21.9 Å². The summed E-state index contributed by atoms with van der Waals surface area (Å²) in [5.74, 6) is 0. The molecule has 6 aromatic rings. The molecule has 0 unspecified atom stereocenters. The number of hydrogen-bond acceptors (Lipinski definition) is 6. The molecule has 43 heavy (non-hydrogen) atoms. The van der Waals surface area contributed by atoms with E-state index in [2.05, 4.69) is 19.4 Å². The molecule has 0 fully saturated rings. The van der Waals surface area contributed by atoms with E-state index in [-0.39, 0.29) is 29.3 Å². The van der Waals surface area contributed by atoms with Gasteiger partial charge in [-0.25, -0.2) is 16.8 Å². The summed E-state index contributed by atoms with van der Waals surface area (Å²) in [4.78, 5) is 8.79. The first-order chi connectivity index (χ1) is 20.1. The van der Waals surface area contributed by atoms with Gasteiger partial charge in [0.1, 0.15) is 20.0 Å². The summed E-state index contributed by atoms with van der Waals surface area (Å²) in [6.07, 6.45) is 3.25. The molecule has 212 valence electrons. The summed E-state index contributed by atoms with van der Waals surface area (Å²) in [7, 11) is -7.47. The number of fused-ring (bicyclic) bond motifs is 2. The number of hydrogen-bond donors (Lipinski definition) is 0. The summed E-state index contributed by atoms with van der Waals surface area (Å²) >= 11 is 0. The quantitative estimate of drug-likeness (QED) is 0.168. The minimum Gasteiger partial charge on any atom is -0.571 e. The second-order valence-corrected chi connectivity index (χ2v) is 12.7. The van der Waals surface area contributed by atoms with Crippen LogP contribution in [0.2, 0.25) is 0 Å². The first-order valence-electron chi connectivity index (χ1n) is 12.9. The van der Waals surface area contributed by atoms with Gasteiger partial charge in [-0.15, -0.1) is 11.4 Å². The Morgan fingerprint density at radius 2 is 0.837 bits per heavy atom. The van der Waals surface area contributed by atoms with E-state index in [0.29, 0.717) is 22.4 Å². The van der Waals surface area contributed by atoms with Gasteiger partial charge >= 0.3 is 19.5 Å². The molecule has 0 aliphatic rings. The Labute approximate surface area is 264 Å². The zero-order valence-corrected chi connectivity index (χ0v) is 28.1. The SMILES string of the molecule is Cc1ccc(S(=O)(=O)[N-]c2cccc3cccnc23)cc1.Cc1ccc(S(=O)(=O)[N-]c2cccc3cccnc23)cc1.[Zn+2]. The minimum absolute atomic E-state index is 0. The van der Waals surface area contributed by atoms with Crippen LogP contribution in [0, 0.1) is 13.8 Å². The number of rotatable bonds is 6. The fraction of sp³-hybridized carbons (Fsp3) is 0.0625. The van der Waals surface area contributed by atoms with Crippen molar-refractivity contribution in [3.05, 3.63) is 142 Å². The molecule has 2 heterocycles. The van der Waals surface area contributed by atoms with Gasteiger partial charge in [0.15, 0.2) is 0 Å². The van der Waals surface area contributed by atoms with E-state index in [1.165, 1.54) is 0 Å². The molecule has 11 heteroatoms. The van der Waals surface area contributed by atoms with E-state index < -0.39 is 20.0 Å². The molecule has 0 aliphatic heterocycles. The third-order valence-corrected chi connectivity index (χ3v) is 8.91. The molecule has 0 saturated heterocycles. The second kappa shape index (κ2) is 13.4. The van der Waals surface area contributed by atoms with Gasteiger partial charge in [-0.3, -0.25) is 9.97 Å². The van der Waals surface area contributed by atoms with Crippen LogP contribution >= 0.6 is 0 Å². The Kier molecular flexibility index (Phi) is 9.91. The monoisotopic (exact) mass is 658 g/mol. The first kappa shape index (κ1) is 31.8. The molecule has 8 nitrogen and oxygen atoms in total. The third-order valence-electron chi connectivity index (χ3n) is 6.30. The number of aryl methyl sites for hydroxylation is 2. The molecule has 0 radical (unpaired) electrons. The smallest absolute Gasteiger partial charge is 0.571 e. The van der Waals surface area contributed by atoms with E-state index in [1.54, 1.807) is 97.3 Å². The summed E-state index contributed by atoms with van der Waals surface area (Å²) < 4.78 is 57.3. The number of sulfonamides is 2. The predicted octanol–water partition coefficient (Wildman–Crippen LogP) is 7.87. The fourth-order valence-corrected chi connectivity index (χ4v) is 6.09. The van der Waals surface area contributed by atoms with Crippen molar-refractivity contribution in [2.45, 2.75) is 23.6 Å². The zero-order chi connectivity index (χ0) is 29.7. The Balaban J connectivity index is 0.000000192. The Morgan fingerprint density at radius 3 is 1.21 bits per heavy atom. The molecule has 0 amide bonds. The number of aromatic nitrogens is 2. The Bertz CT molecular complexity index is 1920. The van der Waals surface area contributed by atoms with Crippen LogP contribution in [0.5, 0.6) is 0 Å². The molecule has 0 saturated carbocycles. The Hall–Kier alpha value is -4.18. The van der Waals surface area contributed by atoms with Crippen molar-refractivity contribution in [1.82, 2.24) is 9.97 Å². The predicted molar refractivity (Wildman–Crippen MR) is 166 cm³/mol. The van der Waals surface area contributed by atoms with Gasteiger partial charge < -0.3 is 9.44 Å². The van der Waals surface area contributed by atoms with Gasteiger partial charge in [0.25, 0.3) is 0 Å². The van der Waals surface area contributed by atoms with Crippen LogP contribution in [0.1, 0.15) is 11.1 Å². The maximum atomic E-state index is 12.4. The normalized spacial score (nSPS) is 11.2. The topological polar surface area (TPSA) is 122 Å². The maximum absolute atomic E-state index is 12.4. The van der Waals surface area contributed by atoms with Crippen LogP contribution in [0.3, 0.4) is 0 Å². The van der Waals surface area contributed by atoms with Crippen LogP contribution in [0.15, 0.2) is 131 Å². The van der Waals surface area contributed by atoms with Crippen LogP contribution in [0.25, 0.3) is 31.3 Å². The molecular weight excluding hydrogens is 634 g/mol. The number of nitrogens with zero attached hydrogens (tertiary/aromatic N) is 4. The van der Waals surface area contributed by atoms with Crippen molar-refractivity contribution >= 4 is 53.2 Å². The molecule has 0 atom stereocenters. The van der Waals surface area contributed by atoms with Gasteiger partial charge in [0.2, 0.25) is 0 Å². The van der Waals surface area contributed by atoms with Crippen molar-refractivity contribution < 1.29 is 36.3 Å². The summed E-state index contributed by atoms with van der Waals surface area (Å²) in [5, 5.41) is 1.72. The van der Waals surface area contributed by atoms with Gasteiger partial charge in [0.05, 0.1) is 20.8 Å². The molecule has 0 aliphatic carbocycles. The molecule has 2 aromatic heterocycles. The van der Waals surface area contributed by atoms with Gasteiger partial charge in [0, 0.05) is 12.4 Å². The summed E-state index contributed by atoms with van der Waals surface area (Å²) in [5.41, 5.74) is 3.87. The molecule has 0 spiro atoms. The van der Waals surface area contributed by atoms with Crippen molar-refractivity contribution in [2.75, 3.05) is 0 Å². The van der Waals surface area contributed by atoms with Gasteiger partial charge in [-0.1, -0.05) is 83.9 Å². The van der Waals surface area contributed by atoms with Crippen LogP contribution < -0.4 is 0 Å². The number of benzene rings is 4. The van der Waals surface area contributed by atoms with Crippen molar-refractivity contribution in [1.29, 1.82) is 0 Å². The second-order valence-electron chi connectivity index (χ2n) is 9.46. The van der Waals surface area contributed by atoms with Gasteiger partial charge in [-0.05, 0) is 61.0 Å². The molecule has 0 N–H and O–H groups in total. The summed E-state index contributed by atoms with van der Waals surface area (Å²) in [6.45, 7) is 3.81. The fourth-order valence-electron chi connectivity index (χ4n) is 4.11. The average Bonchev–Trinajstić information content (AvgIpc) is 2.98. The molecule has 6 rings (SSSR count). The zero-order valence-electron chi connectivity index (χ0n) is 23.5. The average molecular weight is 660 g/mol. The van der Waals surface area contributed by atoms with Crippen molar-refractivity contribution in [3.8, 4) is 0 Å². The summed E-state index contributed by atoms with van der Waals surface area (Å²) in [6, 6.07) is 31.2. The Morgan fingerprint density at radius 1 is 0.488 bits per heavy atom.